The maximum Gasteiger partial charge on any atom is 0.227 e. The van der Waals surface area contributed by atoms with Gasteiger partial charge in [0.1, 0.15) is 5.75 Å². The van der Waals surface area contributed by atoms with Gasteiger partial charge < -0.3 is 19.1 Å². The number of likely N-dealkylation sites (N-methyl/N-ethyl adjacent to an activating group) is 1. The van der Waals surface area contributed by atoms with E-state index in [0.29, 0.717) is 39.0 Å². The SMILES string of the molecule is COc1ccccc1CN1C[C@@H](C(=O)N(C)CCn2ccnc2)CCC1=O. The molecule has 1 aliphatic heterocycles. The highest BCUT2D eigenvalue weighted by atomic mass is 16.5. The Kier molecular flexibility index (Phi) is 6.11. The van der Waals surface area contributed by atoms with E-state index < -0.39 is 0 Å². The first-order valence-corrected chi connectivity index (χ1v) is 9.19. The average Bonchev–Trinajstić information content (AvgIpc) is 3.21. The van der Waals surface area contributed by atoms with Crippen molar-refractivity contribution in [1.82, 2.24) is 19.4 Å². The van der Waals surface area contributed by atoms with Crippen LogP contribution in [0.3, 0.4) is 0 Å². The number of imidazole rings is 1. The number of nitrogens with zero attached hydrogens (tertiary/aromatic N) is 4. The molecule has 1 aliphatic rings. The van der Waals surface area contributed by atoms with Gasteiger partial charge in [0.05, 0.1) is 19.4 Å². The zero-order chi connectivity index (χ0) is 19.2. The highest BCUT2D eigenvalue weighted by Gasteiger charge is 2.32. The maximum atomic E-state index is 12.8. The van der Waals surface area contributed by atoms with Gasteiger partial charge in [-0.15, -0.1) is 0 Å². The minimum atomic E-state index is -0.162. The molecule has 1 saturated heterocycles. The summed E-state index contributed by atoms with van der Waals surface area (Å²) in [7, 11) is 3.44. The minimum absolute atomic E-state index is 0.0889. The lowest BCUT2D eigenvalue weighted by Crippen LogP contribution is -2.46. The van der Waals surface area contributed by atoms with Crippen LogP contribution in [0.25, 0.3) is 0 Å². The molecule has 0 radical (unpaired) electrons. The summed E-state index contributed by atoms with van der Waals surface area (Å²) in [5, 5.41) is 0. The van der Waals surface area contributed by atoms with E-state index in [-0.39, 0.29) is 17.7 Å². The molecule has 7 heteroatoms. The van der Waals surface area contributed by atoms with Crippen molar-refractivity contribution in [2.45, 2.75) is 25.9 Å². The van der Waals surface area contributed by atoms with Crippen molar-refractivity contribution in [2.24, 2.45) is 5.92 Å². The van der Waals surface area contributed by atoms with E-state index in [2.05, 4.69) is 4.98 Å². The van der Waals surface area contributed by atoms with Crippen LogP contribution < -0.4 is 4.74 Å². The summed E-state index contributed by atoms with van der Waals surface area (Å²) in [6.07, 6.45) is 6.36. The van der Waals surface area contributed by atoms with Gasteiger partial charge in [-0.05, 0) is 12.5 Å². The standard InChI is InChI=1S/C20H26N4O3/c1-22(11-12-23-10-9-21-15-23)20(26)17-7-8-19(25)24(14-17)13-16-5-3-4-6-18(16)27-2/h3-6,9-10,15,17H,7-8,11-14H2,1-2H3/t17-/m0/s1. The van der Waals surface area contributed by atoms with Crippen molar-refractivity contribution in [3.63, 3.8) is 0 Å². The molecule has 7 nitrogen and oxygen atoms in total. The molecular weight excluding hydrogens is 344 g/mol. The van der Waals surface area contributed by atoms with E-state index in [1.54, 1.807) is 29.4 Å². The molecule has 0 unspecified atom stereocenters. The normalized spacial score (nSPS) is 17.0. The fraction of sp³-hybridized carbons (Fsp3) is 0.450. The van der Waals surface area contributed by atoms with Gasteiger partial charge in [-0.3, -0.25) is 9.59 Å². The van der Waals surface area contributed by atoms with Crippen molar-refractivity contribution < 1.29 is 14.3 Å². The molecule has 1 aromatic carbocycles. The number of benzene rings is 1. The number of carbonyl (C=O) groups excluding carboxylic acids is 2. The van der Waals surface area contributed by atoms with Gasteiger partial charge in [0, 0.05) is 57.6 Å². The van der Waals surface area contributed by atoms with Gasteiger partial charge in [-0.2, -0.15) is 0 Å². The second-order valence-corrected chi connectivity index (χ2v) is 6.88. The van der Waals surface area contributed by atoms with E-state index in [0.717, 1.165) is 11.3 Å². The highest BCUT2D eigenvalue weighted by Crippen LogP contribution is 2.25. The average molecular weight is 370 g/mol. The van der Waals surface area contributed by atoms with Crippen LogP contribution in [-0.4, -0.2) is 58.4 Å². The van der Waals surface area contributed by atoms with Gasteiger partial charge in [0.15, 0.2) is 0 Å². The molecule has 144 valence electrons. The molecule has 1 aromatic heterocycles. The summed E-state index contributed by atoms with van der Waals surface area (Å²) < 4.78 is 7.33. The van der Waals surface area contributed by atoms with Crippen molar-refractivity contribution in [3.05, 3.63) is 48.5 Å². The number of piperidine rings is 1. The number of methoxy groups -OCH3 is 1. The fourth-order valence-electron chi connectivity index (χ4n) is 3.41. The summed E-state index contributed by atoms with van der Waals surface area (Å²) in [6.45, 7) is 2.24. The van der Waals surface area contributed by atoms with Gasteiger partial charge in [-0.25, -0.2) is 4.98 Å². The first kappa shape index (κ1) is 18.9. The minimum Gasteiger partial charge on any atom is -0.496 e. The first-order chi connectivity index (χ1) is 13.1. The fourth-order valence-corrected chi connectivity index (χ4v) is 3.41. The predicted octanol–water partition coefficient (Wildman–Crippen LogP) is 1.79. The number of ether oxygens (including phenoxy) is 1. The van der Waals surface area contributed by atoms with Crippen LogP contribution in [0, 0.1) is 5.92 Å². The Balaban J connectivity index is 1.60. The second-order valence-electron chi connectivity index (χ2n) is 6.88. The molecular formula is C20H26N4O3. The zero-order valence-corrected chi connectivity index (χ0v) is 15.9. The summed E-state index contributed by atoms with van der Waals surface area (Å²) in [5.41, 5.74) is 0.954. The largest absolute Gasteiger partial charge is 0.496 e. The lowest BCUT2D eigenvalue weighted by Gasteiger charge is -2.34. The molecule has 0 spiro atoms. The Bertz CT molecular complexity index is 775. The number of hydrogen-bond donors (Lipinski definition) is 0. The van der Waals surface area contributed by atoms with E-state index >= 15 is 0 Å². The Labute approximate surface area is 159 Å². The van der Waals surface area contributed by atoms with Crippen LogP contribution in [0.15, 0.2) is 43.0 Å². The third kappa shape index (κ3) is 4.67. The lowest BCUT2D eigenvalue weighted by molar-refractivity contribution is -0.142. The third-order valence-electron chi connectivity index (χ3n) is 5.03. The van der Waals surface area contributed by atoms with E-state index in [1.165, 1.54) is 0 Å². The third-order valence-corrected chi connectivity index (χ3v) is 5.03. The predicted molar refractivity (Wildman–Crippen MR) is 101 cm³/mol. The van der Waals surface area contributed by atoms with Crippen molar-refractivity contribution in [1.29, 1.82) is 0 Å². The molecule has 0 saturated carbocycles. The molecule has 1 atom stereocenters. The van der Waals surface area contributed by atoms with Gasteiger partial charge >= 0.3 is 0 Å². The smallest absolute Gasteiger partial charge is 0.227 e. The Morgan fingerprint density at radius 3 is 2.93 bits per heavy atom. The van der Waals surface area contributed by atoms with Gasteiger partial charge in [0.2, 0.25) is 11.8 Å². The molecule has 2 heterocycles. The molecule has 27 heavy (non-hydrogen) atoms. The van der Waals surface area contributed by atoms with Crippen LogP contribution in [-0.2, 0) is 22.7 Å². The Morgan fingerprint density at radius 1 is 1.37 bits per heavy atom. The summed E-state index contributed by atoms with van der Waals surface area (Å²) in [6, 6.07) is 7.67. The lowest BCUT2D eigenvalue weighted by atomic mass is 9.95. The Hall–Kier alpha value is -2.83. The maximum absolute atomic E-state index is 12.8. The zero-order valence-electron chi connectivity index (χ0n) is 15.9. The number of para-hydroxylation sites is 1. The van der Waals surface area contributed by atoms with Crippen LogP contribution in [0.5, 0.6) is 5.75 Å². The summed E-state index contributed by atoms with van der Waals surface area (Å²) >= 11 is 0. The van der Waals surface area contributed by atoms with E-state index in [4.69, 9.17) is 4.74 Å². The van der Waals surface area contributed by atoms with Gasteiger partial charge in [0.25, 0.3) is 0 Å². The van der Waals surface area contributed by atoms with Crippen LogP contribution in [0.2, 0.25) is 0 Å². The van der Waals surface area contributed by atoms with Crippen molar-refractivity contribution in [3.8, 4) is 5.75 Å². The molecule has 3 rings (SSSR count). The van der Waals surface area contributed by atoms with Crippen molar-refractivity contribution >= 4 is 11.8 Å². The molecule has 0 N–H and O–H groups in total. The second kappa shape index (κ2) is 8.70. The molecule has 0 aliphatic carbocycles. The quantitative estimate of drug-likeness (QED) is 0.745. The summed E-state index contributed by atoms with van der Waals surface area (Å²) in [5.74, 6) is 0.778. The number of rotatable bonds is 7. The number of carbonyl (C=O) groups is 2. The Morgan fingerprint density at radius 2 is 2.19 bits per heavy atom. The van der Waals surface area contributed by atoms with Gasteiger partial charge in [-0.1, -0.05) is 18.2 Å². The van der Waals surface area contributed by atoms with Crippen LogP contribution >= 0.6 is 0 Å². The van der Waals surface area contributed by atoms with Crippen LogP contribution in [0.4, 0.5) is 0 Å². The van der Waals surface area contributed by atoms with E-state index in [9.17, 15) is 9.59 Å². The van der Waals surface area contributed by atoms with Crippen LogP contribution in [0.1, 0.15) is 18.4 Å². The number of hydrogen-bond acceptors (Lipinski definition) is 4. The topological polar surface area (TPSA) is 67.7 Å². The number of amides is 2. The monoisotopic (exact) mass is 370 g/mol. The first-order valence-electron chi connectivity index (χ1n) is 9.19. The molecule has 2 amide bonds. The molecule has 1 fully saturated rings. The molecule has 0 bridgehead atoms. The van der Waals surface area contributed by atoms with E-state index in [1.807, 2.05) is 42.1 Å². The summed E-state index contributed by atoms with van der Waals surface area (Å²) in [4.78, 5) is 32.7. The number of likely N-dealkylation sites (tertiary alicyclic amines) is 1. The van der Waals surface area contributed by atoms with Crippen molar-refractivity contribution in [2.75, 3.05) is 27.2 Å². The number of aromatic nitrogens is 2. The highest BCUT2D eigenvalue weighted by molar-refractivity contribution is 5.83. The molecule has 2 aromatic rings.